The molecule has 0 aliphatic heterocycles. The van der Waals surface area contributed by atoms with E-state index in [1.54, 1.807) is 20.0 Å². The van der Waals surface area contributed by atoms with Crippen LogP contribution in [0.3, 0.4) is 0 Å². The topological polar surface area (TPSA) is 98.9 Å². The first-order chi connectivity index (χ1) is 11.1. The summed E-state index contributed by atoms with van der Waals surface area (Å²) in [7, 11) is 1.61. The van der Waals surface area contributed by atoms with Crippen LogP contribution in [0.25, 0.3) is 0 Å². The van der Waals surface area contributed by atoms with Gasteiger partial charge in [0.1, 0.15) is 17.1 Å². The Morgan fingerprint density at radius 1 is 1.29 bits per heavy atom. The first kappa shape index (κ1) is 20.0. The summed E-state index contributed by atoms with van der Waals surface area (Å²) in [6, 6.07) is 3.57. The van der Waals surface area contributed by atoms with Gasteiger partial charge < -0.3 is 25.5 Å². The number of nitrogens with zero attached hydrogens (tertiary/aromatic N) is 1. The number of aliphatic hydroxyl groups is 1. The Morgan fingerprint density at radius 3 is 2.46 bits per heavy atom. The third-order valence-corrected chi connectivity index (χ3v) is 3.69. The van der Waals surface area contributed by atoms with Crippen LogP contribution in [0.5, 0.6) is 0 Å². The van der Waals surface area contributed by atoms with Crippen LogP contribution in [0, 0.1) is 12.3 Å². The van der Waals surface area contributed by atoms with Gasteiger partial charge in [0.2, 0.25) is 5.91 Å². The summed E-state index contributed by atoms with van der Waals surface area (Å²) in [6.07, 6.45) is 0. The van der Waals surface area contributed by atoms with E-state index in [4.69, 9.17) is 4.42 Å². The largest absolute Gasteiger partial charge is 0.463 e. The second kappa shape index (κ2) is 8.19. The van der Waals surface area contributed by atoms with Gasteiger partial charge in [-0.25, -0.2) is 0 Å². The summed E-state index contributed by atoms with van der Waals surface area (Å²) in [4.78, 5) is 16.3. The van der Waals surface area contributed by atoms with Crippen molar-refractivity contribution in [1.82, 2.24) is 16.0 Å². The van der Waals surface area contributed by atoms with Crippen LogP contribution in [0.15, 0.2) is 21.5 Å². The molecule has 1 aromatic rings. The van der Waals surface area contributed by atoms with Crippen molar-refractivity contribution in [3.05, 3.63) is 23.7 Å². The van der Waals surface area contributed by atoms with E-state index in [1.807, 2.05) is 33.8 Å². The SMILES string of the molecule is CCNC(=NCC(C)(C)C(=O)NC)NCC(C)(O)c1ccc(C)o1. The van der Waals surface area contributed by atoms with Crippen LogP contribution in [0.2, 0.25) is 0 Å². The van der Waals surface area contributed by atoms with Gasteiger partial charge in [0.15, 0.2) is 5.96 Å². The Hall–Kier alpha value is -2.02. The third-order valence-electron chi connectivity index (χ3n) is 3.69. The molecular formula is C17H30N4O3. The molecule has 1 heterocycles. The molecule has 0 aromatic carbocycles. The minimum Gasteiger partial charge on any atom is -0.463 e. The van der Waals surface area contributed by atoms with E-state index < -0.39 is 11.0 Å². The molecule has 0 aliphatic rings. The van der Waals surface area contributed by atoms with Crippen LogP contribution >= 0.6 is 0 Å². The highest BCUT2D eigenvalue weighted by molar-refractivity contribution is 5.83. The zero-order valence-electron chi connectivity index (χ0n) is 15.5. The average molecular weight is 338 g/mol. The molecule has 1 atom stereocenters. The first-order valence-corrected chi connectivity index (χ1v) is 8.16. The number of guanidine groups is 1. The number of aryl methyl sites for hydroxylation is 1. The predicted molar refractivity (Wildman–Crippen MR) is 94.8 cm³/mol. The maximum absolute atomic E-state index is 11.8. The fraction of sp³-hybridized carbons (Fsp3) is 0.647. The number of hydrogen-bond donors (Lipinski definition) is 4. The van der Waals surface area contributed by atoms with Gasteiger partial charge in [0.05, 0.1) is 18.5 Å². The summed E-state index contributed by atoms with van der Waals surface area (Å²) >= 11 is 0. The lowest BCUT2D eigenvalue weighted by Crippen LogP contribution is -2.45. The van der Waals surface area contributed by atoms with Crippen LogP contribution in [0.4, 0.5) is 0 Å². The lowest BCUT2D eigenvalue weighted by atomic mass is 9.93. The predicted octanol–water partition coefficient (Wildman–Crippen LogP) is 1.12. The Kier molecular flexibility index (Phi) is 6.83. The smallest absolute Gasteiger partial charge is 0.227 e. The van der Waals surface area contributed by atoms with E-state index in [0.29, 0.717) is 24.8 Å². The lowest BCUT2D eigenvalue weighted by Gasteiger charge is -2.24. The van der Waals surface area contributed by atoms with E-state index in [-0.39, 0.29) is 12.5 Å². The maximum Gasteiger partial charge on any atom is 0.227 e. The third kappa shape index (κ3) is 5.56. The van der Waals surface area contributed by atoms with Gasteiger partial charge in [0, 0.05) is 13.6 Å². The summed E-state index contributed by atoms with van der Waals surface area (Å²) in [5.74, 6) is 1.71. The molecule has 0 radical (unpaired) electrons. The van der Waals surface area contributed by atoms with Gasteiger partial charge in [-0.3, -0.25) is 9.79 Å². The van der Waals surface area contributed by atoms with E-state index in [0.717, 1.165) is 5.76 Å². The normalized spacial score (nSPS) is 14.9. The molecule has 1 aromatic heterocycles. The summed E-state index contributed by atoms with van der Waals surface area (Å²) in [5.41, 5.74) is -1.78. The molecule has 4 N–H and O–H groups in total. The second-order valence-electron chi connectivity index (χ2n) is 6.70. The molecular weight excluding hydrogens is 308 g/mol. The second-order valence-corrected chi connectivity index (χ2v) is 6.70. The minimum absolute atomic E-state index is 0.0693. The van der Waals surface area contributed by atoms with Crippen LogP contribution < -0.4 is 16.0 Å². The zero-order chi connectivity index (χ0) is 18.4. The zero-order valence-corrected chi connectivity index (χ0v) is 15.5. The fourth-order valence-corrected chi connectivity index (χ4v) is 2.10. The van der Waals surface area contributed by atoms with Gasteiger partial charge in [-0.15, -0.1) is 0 Å². The van der Waals surface area contributed by atoms with Crippen LogP contribution in [0.1, 0.15) is 39.2 Å². The molecule has 0 saturated carbocycles. The number of amides is 1. The number of aliphatic imine (C=N–C) groups is 1. The molecule has 1 rings (SSSR count). The highest BCUT2D eigenvalue weighted by Crippen LogP contribution is 2.22. The van der Waals surface area contributed by atoms with Gasteiger partial charge in [-0.1, -0.05) is 0 Å². The molecule has 0 bridgehead atoms. The molecule has 7 nitrogen and oxygen atoms in total. The summed E-state index contributed by atoms with van der Waals surface area (Å²) in [6.45, 7) is 10.4. The summed E-state index contributed by atoms with van der Waals surface area (Å²) < 4.78 is 5.50. The maximum atomic E-state index is 11.8. The molecule has 7 heteroatoms. The standard InChI is InChI=1S/C17H30N4O3/c1-7-19-15(20-10-16(3,4)14(22)18-6)21-11-17(5,23)13-9-8-12(2)24-13/h8-9,23H,7,10-11H2,1-6H3,(H,18,22)(H2,19,20,21). The molecule has 0 fully saturated rings. The molecule has 1 amide bonds. The number of furan rings is 1. The number of nitrogens with one attached hydrogen (secondary N) is 3. The Bertz CT molecular complexity index is 576. The van der Waals surface area contributed by atoms with Crippen molar-refractivity contribution in [2.24, 2.45) is 10.4 Å². The van der Waals surface area contributed by atoms with Gasteiger partial charge in [-0.2, -0.15) is 0 Å². The number of carbonyl (C=O) groups is 1. The first-order valence-electron chi connectivity index (χ1n) is 8.16. The molecule has 0 aliphatic carbocycles. The van der Waals surface area contributed by atoms with Crippen molar-refractivity contribution in [2.75, 3.05) is 26.7 Å². The van der Waals surface area contributed by atoms with E-state index in [9.17, 15) is 9.90 Å². The minimum atomic E-state index is -1.17. The summed E-state index contributed by atoms with van der Waals surface area (Å²) in [5, 5.41) is 19.4. The van der Waals surface area contributed by atoms with Gasteiger partial charge >= 0.3 is 0 Å². The molecule has 24 heavy (non-hydrogen) atoms. The molecule has 1 unspecified atom stereocenters. The average Bonchev–Trinajstić information content (AvgIpc) is 2.96. The Labute approximate surface area is 143 Å². The monoisotopic (exact) mass is 338 g/mol. The van der Waals surface area contributed by atoms with Gasteiger partial charge in [0.25, 0.3) is 0 Å². The lowest BCUT2D eigenvalue weighted by molar-refractivity contribution is -0.128. The van der Waals surface area contributed by atoms with Crippen LogP contribution in [-0.2, 0) is 10.4 Å². The quantitative estimate of drug-likeness (QED) is 0.441. The van der Waals surface area contributed by atoms with E-state index >= 15 is 0 Å². The van der Waals surface area contributed by atoms with Crippen molar-refractivity contribution in [2.45, 2.75) is 40.2 Å². The number of rotatable bonds is 7. The van der Waals surface area contributed by atoms with Crippen molar-refractivity contribution in [3.63, 3.8) is 0 Å². The van der Waals surface area contributed by atoms with Gasteiger partial charge in [-0.05, 0) is 46.8 Å². The van der Waals surface area contributed by atoms with Crippen molar-refractivity contribution in [1.29, 1.82) is 0 Å². The van der Waals surface area contributed by atoms with Crippen molar-refractivity contribution >= 4 is 11.9 Å². The van der Waals surface area contributed by atoms with E-state index in [1.165, 1.54) is 0 Å². The molecule has 136 valence electrons. The molecule has 0 spiro atoms. The number of carbonyl (C=O) groups excluding carboxylic acids is 1. The highest BCUT2D eigenvalue weighted by Gasteiger charge is 2.28. The molecule has 0 saturated heterocycles. The van der Waals surface area contributed by atoms with Crippen molar-refractivity contribution < 1.29 is 14.3 Å². The van der Waals surface area contributed by atoms with Crippen molar-refractivity contribution in [3.8, 4) is 0 Å². The fourth-order valence-electron chi connectivity index (χ4n) is 2.10. The van der Waals surface area contributed by atoms with Crippen LogP contribution in [-0.4, -0.2) is 43.7 Å². The number of hydrogen-bond acceptors (Lipinski definition) is 4. The highest BCUT2D eigenvalue weighted by atomic mass is 16.4. The van der Waals surface area contributed by atoms with E-state index in [2.05, 4.69) is 20.9 Å². The Morgan fingerprint density at radius 2 is 1.96 bits per heavy atom. The Balaban J connectivity index is 2.75.